The molecule has 0 aliphatic rings. The second kappa shape index (κ2) is 6.91. The van der Waals surface area contributed by atoms with Gasteiger partial charge in [0, 0.05) is 24.7 Å². The summed E-state index contributed by atoms with van der Waals surface area (Å²) in [6, 6.07) is 6.23. The largest absolute Gasteiger partial charge is 0.480 e. The number of benzene rings is 1. The highest BCUT2D eigenvalue weighted by Gasteiger charge is 2.20. The van der Waals surface area contributed by atoms with E-state index in [1.165, 1.54) is 18.9 Å². The molecule has 0 aromatic heterocycles. The molecule has 0 aliphatic carbocycles. The summed E-state index contributed by atoms with van der Waals surface area (Å²) in [6.07, 6.45) is 0. The highest BCUT2D eigenvalue weighted by atomic mass is 35.5. The number of hydrogen-bond donors (Lipinski definition) is 1. The van der Waals surface area contributed by atoms with Gasteiger partial charge in [-0.1, -0.05) is 11.6 Å². The SMILES string of the molecule is CC(=O)N(C)CC(=O)N(CC(=O)O)c1ccc(Cl)cc1. The zero-order valence-electron chi connectivity index (χ0n) is 11.2. The van der Waals surface area contributed by atoms with E-state index < -0.39 is 18.4 Å². The predicted molar refractivity (Wildman–Crippen MR) is 74.8 cm³/mol. The van der Waals surface area contributed by atoms with Crippen molar-refractivity contribution in [2.75, 3.05) is 25.0 Å². The number of rotatable bonds is 5. The maximum Gasteiger partial charge on any atom is 0.323 e. The molecule has 1 rings (SSSR count). The van der Waals surface area contributed by atoms with Crippen molar-refractivity contribution < 1.29 is 19.5 Å². The molecule has 20 heavy (non-hydrogen) atoms. The van der Waals surface area contributed by atoms with Crippen LogP contribution in [0.5, 0.6) is 0 Å². The molecular formula is C13H15ClN2O4. The topological polar surface area (TPSA) is 77.9 Å². The minimum atomic E-state index is -1.14. The van der Waals surface area contributed by atoms with Gasteiger partial charge < -0.3 is 10.0 Å². The normalized spacial score (nSPS) is 9.95. The summed E-state index contributed by atoms with van der Waals surface area (Å²) in [5.41, 5.74) is 0.416. The Labute approximate surface area is 121 Å². The minimum Gasteiger partial charge on any atom is -0.480 e. The third-order valence-electron chi connectivity index (χ3n) is 2.64. The third-order valence-corrected chi connectivity index (χ3v) is 2.89. The van der Waals surface area contributed by atoms with Gasteiger partial charge in [-0.15, -0.1) is 0 Å². The van der Waals surface area contributed by atoms with Crippen molar-refractivity contribution in [3.8, 4) is 0 Å². The monoisotopic (exact) mass is 298 g/mol. The number of halogens is 1. The van der Waals surface area contributed by atoms with Crippen LogP contribution in [0.3, 0.4) is 0 Å². The van der Waals surface area contributed by atoms with Crippen LogP contribution in [0.25, 0.3) is 0 Å². The number of carboxylic acid groups (broad SMARTS) is 1. The van der Waals surface area contributed by atoms with E-state index >= 15 is 0 Å². The molecule has 0 bridgehead atoms. The van der Waals surface area contributed by atoms with Crippen LogP contribution >= 0.6 is 11.6 Å². The van der Waals surface area contributed by atoms with Crippen LogP contribution < -0.4 is 4.90 Å². The average molecular weight is 299 g/mol. The molecule has 2 amide bonds. The lowest BCUT2D eigenvalue weighted by Gasteiger charge is -2.23. The van der Waals surface area contributed by atoms with Crippen LogP contribution in [0, 0.1) is 0 Å². The number of amides is 2. The van der Waals surface area contributed by atoms with E-state index in [1.807, 2.05) is 0 Å². The van der Waals surface area contributed by atoms with Crippen molar-refractivity contribution in [3.05, 3.63) is 29.3 Å². The van der Waals surface area contributed by atoms with Crippen molar-refractivity contribution >= 4 is 35.1 Å². The molecule has 6 nitrogen and oxygen atoms in total. The van der Waals surface area contributed by atoms with Gasteiger partial charge in [-0.05, 0) is 24.3 Å². The number of carboxylic acids is 1. The Morgan fingerprint density at radius 3 is 2.15 bits per heavy atom. The fourth-order valence-electron chi connectivity index (χ4n) is 1.48. The van der Waals surface area contributed by atoms with Crippen molar-refractivity contribution in [2.24, 2.45) is 0 Å². The van der Waals surface area contributed by atoms with Crippen molar-refractivity contribution in [1.82, 2.24) is 4.90 Å². The van der Waals surface area contributed by atoms with Gasteiger partial charge in [0.1, 0.15) is 6.54 Å². The van der Waals surface area contributed by atoms with Crippen molar-refractivity contribution in [1.29, 1.82) is 0 Å². The molecule has 7 heteroatoms. The van der Waals surface area contributed by atoms with E-state index in [2.05, 4.69) is 0 Å². The van der Waals surface area contributed by atoms with E-state index in [0.29, 0.717) is 10.7 Å². The number of aliphatic carboxylic acids is 1. The number of carbonyl (C=O) groups is 3. The molecule has 0 spiro atoms. The maximum atomic E-state index is 12.1. The third kappa shape index (κ3) is 4.55. The molecule has 1 aromatic carbocycles. The van der Waals surface area contributed by atoms with Crippen molar-refractivity contribution in [2.45, 2.75) is 6.92 Å². The number of hydrogen-bond acceptors (Lipinski definition) is 3. The number of likely N-dealkylation sites (N-methyl/N-ethyl adjacent to an activating group) is 1. The molecule has 0 fully saturated rings. The van der Waals surface area contributed by atoms with E-state index in [-0.39, 0.29) is 12.5 Å². The molecule has 0 saturated carbocycles. The highest BCUT2D eigenvalue weighted by molar-refractivity contribution is 6.30. The highest BCUT2D eigenvalue weighted by Crippen LogP contribution is 2.18. The van der Waals surface area contributed by atoms with Gasteiger partial charge in [0.2, 0.25) is 11.8 Å². The van der Waals surface area contributed by atoms with Gasteiger partial charge in [0.05, 0.1) is 6.54 Å². The smallest absolute Gasteiger partial charge is 0.323 e. The summed E-state index contributed by atoms with van der Waals surface area (Å²) >= 11 is 5.75. The van der Waals surface area contributed by atoms with Gasteiger partial charge in [-0.3, -0.25) is 19.3 Å². The molecule has 108 valence electrons. The van der Waals surface area contributed by atoms with Crippen molar-refractivity contribution in [3.63, 3.8) is 0 Å². The van der Waals surface area contributed by atoms with Gasteiger partial charge in [-0.2, -0.15) is 0 Å². The second-order valence-corrected chi connectivity index (χ2v) is 4.66. The second-order valence-electron chi connectivity index (χ2n) is 4.23. The van der Waals surface area contributed by atoms with E-state index in [4.69, 9.17) is 16.7 Å². The first-order chi connectivity index (χ1) is 9.31. The molecule has 0 heterocycles. The Kier molecular flexibility index (Phi) is 5.52. The first kappa shape index (κ1) is 16.0. The van der Waals surface area contributed by atoms with Gasteiger partial charge in [-0.25, -0.2) is 0 Å². The molecule has 0 unspecified atom stereocenters. The Bertz CT molecular complexity index is 516. The first-order valence-electron chi connectivity index (χ1n) is 5.80. The summed E-state index contributed by atoms with van der Waals surface area (Å²) in [5, 5.41) is 9.38. The fraction of sp³-hybridized carbons (Fsp3) is 0.308. The fourth-order valence-corrected chi connectivity index (χ4v) is 1.61. The molecule has 0 aliphatic heterocycles. The molecule has 1 aromatic rings. The Morgan fingerprint density at radius 2 is 1.70 bits per heavy atom. The summed E-state index contributed by atoms with van der Waals surface area (Å²) in [7, 11) is 1.47. The quantitative estimate of drug-likeness (QED) is 0.887. The average Bonchev–Trinajstić information content (AvgIpc) is 2.36. The Morgan fingerprint density at radius 1 is 1.15 bits per heavy atom. The van der Waals surface area contributed by atoms with Crippen LogP contribution in [-0.2, 0) is 14.4 Å². The Balaban J connectivity index is 2.94. The molecule has 1 N–H and O–H groups in total. The zero-order chi connectivity index (χ0) is 15.3. The lowest BCUT2D eigenvalue weighted by atomic mass is 10.2. The molecular weight excluding hydrogens is 284 g/mol. The van der Waals surface area contributed by atoms with Gasteiger partial charge >= 0.3 is 5.97 Å². The molecule has 0 saturated heterocycles. The van der Waals surface area contributed by atoms with E-state index in [1.54, 1.807) is 24.3 Å². The summed E-state index contributed by atoms with van der Waals surface area (Å²) < 4.78 is 0. The zero-order valence-corrected chi connectivity index (χ0v) is 11.9. The van der Waals surface area contributed by atoms with E-state index in [0.717, 1.165) is 4.90 Å². The molecule has 0 atom stereocenters. The minimum absolute atomic E-state index is 0.189. The lowest BCUT2D eigenvalue weighted by Crippen LogP contribution is -2.43. The van der Waals surface area contributed by atoms with Crippen LogP contribution in [0.2, 0.25) is 5.02 Å². The van der Waals surface area contributed by atoms with Crippen LogP contribution in [0.4, 0.5) is 5.69 Å². The number of anilines is 1. The maximum absolute atomic E-state index is 12.1. The summed E-state index contributed by atoms with van der Waals surface area (Å²) in [5.74, 6) is -1.89. The van der Waals surface area contributed by atoms with Gasteiger partial charge in [0.15, 0.2) is 0 Å². The van der Waals surface area contributed by atoms with Crippen LogP contribution in [0.15, 0.2) is 24.3 Å². The number of nitrogens with zero attached hydrogens (tertiary/aromatic N) is 2. The molecule has 0 radical (unpaired) electrons. The predicted octanol–water partition coefficient (Wildman–Crippen LogP) is 1.24. The standard InChI is InChI=1S/C13H15ClN2O4/c1-9(17)15(2)7-12(18)16(8-13(19)20)11-5-3-10(14)4-6-11/h3-6H,7-8H2,1-2H3,(H,19,20). The lowest BCUT2D eigenvalue weighted by molar-refractivity contribution is -0.137. The summed E-state index contributed by atoms with van der Waals surface area (Å²) in [4.78, 5) is 36.4. The van der Waals surface area contributed by atoms with Crippen LogP contribution in [-0.4, -0.2) is 47.9 Å². The summed E-state index contributed by atoms with van der Waals surface area (Å²) in [6.45, 7) is 0.661. The van der Waals surface area contributed by atoms with Gasteiger partial charge in [0.25, 0.3) is 0 Å². The first-order valence-corrected chi connectivity index (χ1v) is 6.18. The van der Waals surface area contributed by atoms with E-state index in [9.17, 15) is 14.4 Å². The number of carbonyl (C=O) groups excluding carboxylic acids is 2. The van der Waals surface area contributed by atoms with Crippen LogP contribution in [0.1, 0.15) is 6.92 Å². The Hall–Kier alpha value is -2.08.